The molecular weight excluding hydrogens is 739 g/mol. The Balaban J connectivity index is 1.17. The summed E-state index contributed by atoms with van der Waals surface area (Å²) in [5, 5.41) is 9.20. The lowest BCUT2D eigenvalue weighted by molar-refractivity contribution is 0.660. The number of para-hydroxylation sites is 1. The first-order chi connectivity index (χ1) is 29.0. The highest BCUT2D eigenvalue weighted by atomic mass is 32.1. The van der Waals surface area contributed by atoms with E-state index in [9.17, 15) is 0 Å². The third-order valence-corrected chi connectivity index (χ3v) is 14.1. The number of nitrogens with zero attached hydrogens (tertiary/aromatic N) is 1. The Morgan fingerprint density at radius 2 is 1.12 bits per heavy atom. The summed E-state index contributed by atoms with van der Waals surface area (Å²) in [6.07, 6.45) is 0. The second kappa shape index (κ2) is 12.0. The maximum Gasteiger partial charge on any atom is 0.143 e. The predicted octanol–water partition coefficient (Wildman–Crippen LogP) is 16.4. The average Bonchev–Trinajstić information content (AvgIpc) is 4.02. The second-order valence-corrected chi connectivity index (χ2v) is 17.4. The summed E-state index contributed by atoms with van der Waals surface area (Å²) in [5.41, 5.74) is 14.1. The van der Waals surface area contributed by atoms with Crippen LogP contribution in [0.15, 0.2) is 185 Å². The molecule has 0 amide bonds. The van der Waals surface area contributed by atoms with Gasteiger partial charge in [0.25, 0.3) is 0 Å². The predicted molar refractivity (Wildman–Crippen MR) is 249 cm³/mol. The quantitative estimate of drug-likeness (QED) is 0.178. The summed E-state index contributed by atoms with van der Waals surface area (Å²) >= 11 is 1.85. The molecule has 3 nitrogen and oxygen atoms in total. The number of anilines is 3. The van der Waals surface area contributed by atoms with E-state index in [-0.39, 0.29) is 5.41 Å². The smallest absolute Gasteiger partial charge is 0.143 e. The minimum Gasteiger partial charge on any atom is -0.456 e. The van der Waals surface area contributed by atoms with Crippen molar-refractivity contribution in [2.45, 2.75) is 19.3 Å². The highest BCUT2D eigenvalue weighted by molar-refractivity contribution is 7.26. The van der Waals surface area contributed by atoms with Crippen molar-refractivity contribution < 1.29 is 8.83 Å². The van der Waals surface area contributed by atoms with Gasteiger partial charge in [-0.3, -0.25) is 0 Å². The van der Waals surface area contributed by atoms with Crippen LogP contribution >= 0.6 is 11.3 Å². The van der Waals surface area contributed by atoms with Gasteiger partial charge in [0.2, 0.25) is 0 Å². The lowest BCUT2D eigenvalue weighted by Crippen LogP contribution is -2.16. The molecule has 0 spiro atoms. The number of hydrogen-bond donors (Lipinski definition) is 0. The molecule has 0 fully saturated rings. The molecule has 9 aromatic carbocycles. The SMILES string of the molecule is CC1(C)c2ccccc2-c2ccc(N(c3cc(-c4cccc5c4sc4ccccc45)c4oc5ccc6oc7ccccc7c6c5c4c3)c3cccc4ccccc34)cc21. The van der Waals surface area contributed by atoms with Crippen molar-refractivity contribution in [2.75, 3.05) is 4.90 Å². The van der Waals surface area contributed by atoms with Crippen molar-refractivity contribution in [3.63, 3.8) is 0 Å². The van der Waals surface area contributed by atoms with Crippen LogP contribution in [-0.4, -0.2) is 0 Å². The first-order valence-corrected chi connectivity index (χ1v) is 21.1. The van der Waals surface area contributed by atoms with E-state index < -0.39 is 0 Å². The number of thiophene rings is 1. The first-order valence-electron chi connectivity index (χ1n) is 20.2. The Morgan fingerprint density at radius 3 is 2.03 bits per heavy atom. The van der Waals surface area contributed by atoms with Gasteiger partial charge in [-0.15, -0.1) is 11.3 Å². The van der Waals surface area contributed by atoms with Crippen molar-refractivity contribution >= 4 is 103 Å². The van der Waals surface area contributed by atoms with Crippen LogP contribution in [0.1, 0.15) is 25.0 Å². The monoisotopic (exact) mass is 773 g/mol. The van der Waals surface area contributed by atoms with Gasteiger partial charge in [-0.05, 0) is 82.2 Å². The van der Waals surface area contributed by atoms with Crippen LogP contribution in [0.4, 0.5) is 17.1 Å². The van der Waals surface area contributed by atoms with Crippen LogP contribution in [0.2, 0.25) is 0 Å². The fourth-order valence-corrected chi connectivity index (χ4v) is 11.3. The van der Waals surface area contributed by atoms with Gasteiger partial charge in [0.15, 0.2) is 0 Å². The molecule has 1 aliphatic carbocycles. The van der Waals surface area contributed by atoms with E-state index in [1.165, 1.54) is 53.2 Å². The third-order valence-electron chi connectivity index (χ3n) is 12.8. The van der Waals surface area contributed by atoms with Crippen molar-refractivity contribution in [1.29, 1.82) is 0 Å². The number of fused-ring (bicyclic) bond motifs is 14. The summed E-state index contributed by atoms with van der Waals surface area (Å²) in [4.78, 5) is 2.47. The number of benzene rings is 9. The van der Waals surface area contributed by atoms with Crippen LogP contribution in [0.5, 0.6) is 0 Å². The molecule has 0 radical (unpaired) electrons. The molecular formula is C55H35NO2S. The maximum absolute atomic E-state index is 7.07. The van der Waals surface area contributed by atoms with Crippen molar-refractivity contribution in [3.05, 3.63) is 187 Å². The topological polar surface area (TPSA) is 29.5 Å². The van der Waals surface area contributed by atoms with Gasteiger partial charge >= 0.3 is 0 Å². The van der Waals surface area contributed by atoms with Crippen LogP contribution in [0.25, 0.3) is 97.1 Å². The van der Waals surface area contributed by atoms with Crippen molar-refractivity contribution in [1.82, 2.24) is 0 Å². The molecule has 3 heterocycles. The Hall–Kier alpha value is -7.14. The largest absolute Gasteiger partial charge is 0.456 e. The molecule has 13 rings (SSSR count). The zero-order valence-corrected chi connectivity index (χ0v) is 33.2. The third kappa shape index (κ3) is 4.58. The molecule has 0 aliphatic heterocycles. The van der Waals surface area contributed by atoms with E-state index in [1.807, 2.05) is 17.4 Å². The summed E-state index contributed by atoms with van der Waals surface area (Å²) < 4.78 is 16.1. The lowest BCUT2D eigenvalue weighted by atomic mass is 9.82. The van der Waals surface area contributed by atoms with Crippen LogP contribution in [0.3, 0.4) is 0 Å². The maximum atomic E-state index is 7.07. The molecule has 4 heteroatoms. The summed E-state index contributed by atoms with van der Waals surface area (Å²) in [6, 6.07) is 64.0. The molecule has 0 saturated heterocycles. The van der Waals surface area contributed by atoms with Gasteiger partial charge < -0.3 is 13.7 Å². The number of hydrogen-bond acceptors (Lipinski definition) is 4. The molecule has 0 saturated carbocycles. The van der Waals surface area contributed by atoms with Crippen molar-refractivity contribution in [3.8, 4) is 22.3 Å². The van der Waals surface area contributed by atoms with E-state index in [1.54, 1.807) is 0 Å². The molecule has 3 aromatic heterocycles. The van der Waals surface area contributed by atoms with Gasteiger partial charge in [-0.25, -0.2) is 0 Å². The Bertz CT molecular complexity index is 3720. The van der Waals surface area contributed by atoms with Gasteiger partial charge in [-0.1, -0.05) is 135 Å². The van der Waals surface area contributed by atoms with Gasteiger partial charge in [-0.2, -0.15) is 0 Å². The minimum absolute atomic E-state index is 0.160. The van der Waals surface area contributed by atoms with E-state index in [2.05, 4.69) is 189 Å². The highest BCUT2D eigenvalue weighted by Crippen LogP contribution is 2.53. The van der Waals surface area contributed by atoms with Gasteiger partial charge in [0, 0.05) is 75.0 Å². The normalized spacial score (nSPS) is 13.4. The number of rotatable bonds is 4. The Labute approximate surface area is 344 Å². The fraction of sp³-hybridized carbons (Fsp3) is 0.0545. The molecule has 0 unspecified atom stereocenters. The van der Waals surface area contributed by atoms with Gasteiger partial charge in [0.05, 0.1) is 5.69 Å². The zero-order chi connectivity index (χ0) is 39.0. The molecule has 12 aromatic rings. The standard InChI is InChI=1S/C55H35NO2S/c1-55(2)44-21-8-5-16-36(44)37-26-25-33(31-45(37)55)56(46-22-11-14-32-13-3-4-15-35(32)46)34-29-42(40-20-12-19-39-38-17-7-10-24-50(38)59-54(39)40)53-43(30-34)52-49(58-53)28-27-48-51(52)41-18-6-9-23-47(41)57-48/h3-31H,1-2H3. The van der Waals surface area contributed by atoms with Crippen LogP contribution in [0, 0.1) is 0 Å². The van der Waals surface area contributed by atoms with Gasteiger partial charge in [0.1, 0.15) is 22.3 Å². The highest BCUT2D eigenvalue weighted by Gasteiger charge is 2.36. The van der Waals surface area contributed by atoms with Crippen molar-refractivity contribution in [2.24, 2.45) is 0 Å². The van der Waals surface area contributed by atoms with E-state index in [4.69, 9.17) is 8.83 Å². The van der Waals surface area contributed by atoms with E-state index in [0.717, 1.165) is 72.1 Å². The lowest BCUT2D eigenvalue weighted by Gasteiger charge is -2.29. The van der Waals surface area contributed by atoms with E-state index in [0.29, 0.717) is 0 Å². The minimum atomic E-state index is -0.160. The molecule has 0 bridgehead atoms. The molecule has 0 N–H and O–H groups in total. The summed E-state index contributed by atoms with van der Waals surface area (Å²) in [6.45, 7) is 4.72. The Kier molecular flexibility index (Phi) is 6.66. The van der Waals surface area contributed by atoms with Crippen LogP contribution < -0.4 is 4.90 Å². The Morgan fingerprint density at radius 1 is 0.441 bits per heavy atom. The fourth-order valence-electron chi connectivity index (χ4n) is 10.1. The summed E-state index contributed by atoms with van der Waals surface area (Å²) in [5.74, 6) is 0. The molecule has 1 aliphatic rings. The second-order valence-electron chi connectivity index (χ2n) is 16.4. The molecule has 59 heavy (non-hydrogen) atoms. The molecule has 278 valence electrons. The van der Waals surface area contributed by atoms with Crippen LogP contribution in [-0.2, 0) is 5.41 Å². The zero-order valence-electron chi connectivity index (χ0n) is 32.4. The molecule has 0 atom stereocenters. The number of furan rings is 2. The summed E-state index contributed by atoms with van der Waals surface area (Å²) in [7, 11) is 0. The first kappa shape index (κ1) is 32.9. The average molecular weight is 774 g/mol. The van der Waals surface area contributed by atoms with E-state index >= 15 is 0 Å².